The molecule has 1 aromatic carbocycles. The number of Topliss-reactive ketones (excluding diaryl/α,β-unsaturated/α-hetero) is 1. The third-order valence-corrected chi connectivity index (χ3v) is 3.52. The van der Waals surface area contributed by atoms with Crippen LogP contribution in [0.25, 0.3) is 0 Å². The fraction of sp³-hybridized carbons (Fsp3) is 0.333. The molecule has 5 heteroatoms. The van der Waals surface area contributed by atoms with Gasteiger partial charge in [-0.2, -0.15) is 5.10 Å². The van der Waals surface area contributed by atoms with Crippen molar-refractivity contribution in [2.45, 2.75) is 26.2 Å². The molecule has 0 aliphatic heterocycles. The van der Waals surface area contributed by atoms with E-state index in [2.05, 4.69) is 5.10 Å². The number of benzene rings is 1. The van der Waals surface area contributed by atoms with Crippen molar-refractivity contribution in [1.29, 1.82) is 0 Å². The minimum absolute atomic E-state index is 0.0316. The van der Waals surface area contributed by atoms with Crippen molar-refractivity contribution in [1.82, 2.24) is 9.78 Å². The Morgan fingerprint density at radius 3 is 2.70 bits per heavy atom. The Morgan fingerprint density at radius 1 is 1.35 bits per heavy atom. The number of aromatic nitrogens is 2. The summed E-state index contributed by atoms with van der Waals surface area (Å²) in [6.07, 6.45) is 1.34. The first-order chi connectivity index (χ1) is 9.49. The molecule has 0 aliphatic rings. The van der Waals surface area contributed by atoms with Gasteiger partial charge in [0.25, 0.3) is 0 Å². The molecular weight excluding hydrogens is 279 g/mol. The molecule has 0 fully saturated rings. The average molecular weight is 295 g/mol. The van der Waals surface area contributed by atoms with Gasteiger partial charge in [0.05, 0.1) is 5.69 Å². The highest BCUT2D eigenvalue weighted by Crippen LogP contribution is 2.18. The molecule has 0 aliphatic carbocycles. The molecule has 1 heterocycles. The number of ketones is 1. The van der Waals surface area contributed by atoms with Crippen molar-refractivity contribution in [3.63, 3.8) is 0 Å². The molecule has 0 saturated carbocycles. The number of nitrogens with zero attached hydrogens (tertiary/aromatic N) is 2. The number of halogens is 2. The first-order valence-electron chi connectivity index (χ1n) is 6.47. The SMILES string of the molecule is CCc1cc(CC(=O)Cc2ccc(F)cc2Cl)n(C)n1. The Hall–Kier alpha value is -1.68. The lowest BCUT2D eigenvalue weighted by Crippen LogP contribution is -2.10. The maximum Gasteiger partial charge on any atom is 0.143 e. The van der Waals surface area contributed by atoms with Crippen molar-refractivity contribution >= 4 is 17.4 Å². The molecule has 20 heavy (non-hydrogen) atoms. The summed E-state index contributed by atoms with van der Waals surface area (Å²) in [5.41, 5.74) is 2.50. The first-order valence-corrected chi connectivity index (χ1v) is 6.84. The quantitative estimate of drug-likeness (QED) is 0.849. The fourth-order valence-electron chi connectivity index (χ4n) is 2.05. The summed E-state index contributed by atoms with van der Waals surface area (Å²) in [6.45, 7) is 2.02. The summed E-state index contributed by atoms with van der Waals surface area (Å²) in [4.78, 5) is 12.1. The second-order valence-electron chi connectivity index (χ2n) is 4.73. The van der Waals surface area contributed by atoms with Crippen LogP contribution in [-0.2, 0) is 31.1 Å². The van der Waals surface area contributed by atoms with Crippen LogP contribution in [-0.4, -0.2) is 15.6 Å². The molecule has 0 N–H and O–H groups in total. The molecule has 0 spiro atoms. The van der Waals surface area contributed by atoms with Crippen LogP contribution in [0.5, 0.6) is 0 Å². The number of hydrogen-bond acceptors (Lipinski definition) is 2. The Kier molecular flexibility index (Phi) is 4.55. The van der Waals surface area contributed by atoms with Gasteiger partial charge in [-0.05, 0) is 30.2 Å². The highest BCUT2D eigenvalue weighted by molar-refractivity contribution is 6.31. The molecular formula is C15H16ClFN2O. The van der Waals surface area contributed by atoms with E-state index < -0.39 is 5.82 Å². The lowest BCUT2D eigenvalue weighted by molar-refractivity contribution is -0.117. The molecule has 0 radical (unpaired) electrons. The van der Waals surface area contributed by atoms with E-state index in [9.17, 15) is 9.18 Å². The zero-order valence-corrected chi connectivity index (χ0v) is 12.2. The third kappa shape index (κ3) is 3.45. The minimum atomic E-state index is -0.398. The van der Waals surface area contributed by atoms with Crippen molar-refractivity contribution in [2.24, 2.45) is 7.05 Å². The van der Waals surface area contributed by atoms with E-state index in [0.717, 1.165) is 17.8 Å². The van der Waals surface area contributed by atoms with E-state index in [0.29, 0.717) is 12.0 Å². The molecule has 2 aromatic rings. The molecule has 0 unspecified atom stereocenters. The van der Waals surface area contributed by atoms with Gasteiger partial charge >= 0.3 is 0 Å². The number of carbonyl (C=O) groups is 1. The Labute approximate surface area is 122 Å². The molecule has 0 atom stereocenters. The number of rotatable bonds is 5. The summed E-state index contributed by atoms with van der Waals surface area (Å²) in [5, 5.41) is 4.60. The molecule has 0 saturated heterocycles. The van der Waals surface area contributed by atoms with Gasteiger partial charge in [0.1, 0.15) is 11.6 Å². The first kappa shape index (κ1) is 14.7. The van der Waals surface area contributed by atoms with E-state index in [1.54, 1.807) is 10.7 Å². The number of hydrogen-bond donors (Lipinski definition) is 0. The Bertz CT molecular complexity index is 637. The maximum atomic E-state index is 12.9. The monoisotopic (exact) mass is 294 g/mol. The van der Waals surface area contributed by atoms with E-state index >= 15 is 0 Å². The molecule has 2 rings (SSSR count). The standard InChI is InChI=1S/C15H16ClFN2O/c1-3-12-8-13(19(2)18-12)9-14(20)6-10-4-5-11(17)7-15(10)16/h4-5,7-8H,3,6,9H2,1-2H3. The van der Waals surface area contributed by atoms with Gasteiger partial charge < -0.3 is 0 Å². The predicted molar refractivity (Wildman–Crippen MR) is 76.4 cm³/mol. The van der Waals surface area contributed by atoms with Gasteiger partial charge in [-0.15, -0.1) is 0 Å². The average Bonchev–Trinajstić information content (AvgIpc) is 2.74. The minimum Gasteiger partial charge on any atom is -0.299 e. The number of carbonyl (C=O) groups excluding carboxylic acids is 1. The van der Waals surface area contributed by atoms with Gasteiger partial charge in [0, 0.05) is 30.6 Å². The summed E-state index contributed by atoms with van der Waals surface area (Å²) < 4.78 is 14.7. The Balaban J connectivity index is 2.06. The zero-order valence-electron chi connectivity index (χ0n) is 11.5. The highest BCUT2D eigenvalue weighted by atomic mass is 35.5. The lowest BCUT2D eigenvalue weighted by atomic mass is 10.1. The van der Waals surface area contributed by atoms with Gasteiger partial charge in [-0.25, -0.2) is 4.39 Å². The molecule has 0 amide bonds. The Morgan fingerprint density at radius 2 is 2.10 bits per heavy atom. The molecule has 1 aromatic heterocycles. The van der Waals surface area contributed by atoms with E-state index in [-0.39, 0.29) is 17.2 Å². The lowest BCUT2D eigenvalue weighted by Gasteiger charge is -2.04. The fourth-order valence-corrected chi connectivity index (χ4v) is 2.29. The number of aryl methyl sites for hydroxylation is 2. The molecule has 106 valence electrons. The van der Waals surface area contributed by atoms with Gasteiger partial charge in [0.15, 0.2) is 0 Å². The largest absolute Gasteiger partial charge is 0.299 e. The van der Waals surface area contributed by atoms with Gasteiger partial charge in [0.2, 0.25) is 0 Å². The molecule has 0 bridgehead atoms. The van der Waals surface area contributed by atoms with Gasteiger partial charge in [-0.1, -0.05) is 24.6 Å². The summed E-state index contributed by atoms with van der Waals surface area (Å²) in [5.74, 6) is -0.366. The van der Waals surface area contributed by atoms with E-state index in [1.807, 2.05) is 20.0 Å². The summed E-state index contributed by atoms with van der Waals surface area (Å²) in [6, 6.07) is 6.03. The van der Waals surface area contributed by atoms with Crippen LogP contribution in [0, 0.1) is 5.82 Å². The van der Waals surface area contributed by atoms with Crippen LogP contribution in [0.3, 0.4) is 0 Å². The van der Waals surface area contributed by atoms with Crippen molar-refractivity contribution < 1.29 is 9.18 Å². The second-order valence-corrected chi connectivity index (χ2v) is 5.14. The third-order valence-electron chi connectivity index (χ3n) is 3.17. The van der Waals surface area contributed by atoms with Crippen LogP contribution in [0.2, 0.25) is 5.02 Å². The zero-order chi connectivity index (χ0) is 14.7. The van der Waals surface area contributed by atoms with Crippen LogP contribution >= 0.6 is 11.6 Å². The normalized spacial score (nSPS) is 10.8. The van der Waals surface area contributed by atoms with E-state index in [1.165, 1.54) is 12.1 Å². The van der Waals surface area contributed by atoms with E-state index in [4.69, 9.17) is 11.6 Å². The van der Waals surface area contributed by atoms with Crippen molar-refractivity contribution in [3.8, 4) is 0 Å². The topological polar surface area (TPSA) is 34.9 Å². The van der Waals surface area contributed by atoms with Gasteiger partial charge in [-0.3, -0.25) is 9.48 Å². The van der Waals surface area contributed by atoms with Crippen LogP contribution < -0.4 is 0 Å². The van der Waals surface area contributed by atoms with Crippen LogP contribution in [0.15, 0.2) is 24.3 Å². The smallest absolute Gasteiger partial charge is 0.143 e. The van der Waals surface area contributed by atoms with Crippen molar-refractivity contribution in [3.05, 3.63) is 52.1 Å². The highest BCUT2D eigenvalue weighted by Gasteiger charge is 2.12. The second kappa shape index (κ2) is 6.18. The maximum absolute atomic E-state index is 12.9. The summed E-state index contributed by atoms with van der Waals surface area (Å²) >= 11 is 5.92. The summed E-state index contributed by atoms with van der Waals surface area (Å²) in [7, 11) is 1.83. The van der Waals surface area contributed by atoms with Crippen molar-refractivity contribution in [2.75, 3.05) is 0 Å². The van der Waals surface area contributed by atoms with Crippen LogP contribution in [0.1, 0.15) is 23.9 Å². The molecule has 3 nitrogen and oxygen atoms in total. The predicted octanol–water partition coefficient (Wildman–Crippen LogP) is 3.13. The van der Waals surface area contributed by atoms with Crippen LogP contribution in [0.4, 0.5) is 4.39 Å².